The van der Waals surface area contributed by atoms with Crippen molar-refractivity contribution in [1.82, 2.24) is 9.80 Å². The van der Waals surface area contributed by atoms with E-state index in [-0.39, 0.29) is 0 Å². The maximum atomic E-state index is 2.74. The second-order valence-corrected chi connectivity index (χ2v) is 5.35. The Bertz CT molecular complexity index is 177. The van der Waals surface area contributed by atoms with Gasteiger partial charge in [-0.25, -0.2) is 0 Å². The highest BCUT2D eigenvalue weighted by Crippen LogP contribution is 2.33. The van der Waals surface area contributed by atoms with Crippen LogP contribution in [-0.4, -0.2) is 48.6 Å². The average Bonchev–Trinajstić information content (AvgIpc) is 2.19. The van der Waals surface area contributed by atoms with Gasteiger partial charge in [0.15, 0.2) is 0 Å². The van der Waals surface area contributed by atoms with E-state index in [1.54, 1.807) is 0 Å². The highest BCUT2D eigenvalue weighted by molar-refractivity contribution is 4.91. The van der Waals surface area contributed by atoms with Gasteiger partial charge in [0, 0.05) is 31.7 Å². The third kappa shape index (κ3) is 2.12. The van der Waals surface area contributed by atoms with Gasteiger partial charge < -0.3 is 4.90 Å². The van der Waals surface area contributed by atoms with Crippen LogP contribution >= 0.6 is 0 Å². The average molecular weight is 196 g/mol. The molecular weight excluding hydrogens is 172 g/mol. The lowest BCUT2D eigenvalue weighted by Gasteiger charge is -2.47. The largest absolute Gasteiger partial charge is 0.304 e. The number of piperazine rings is 1. The molecule has 0 radical (unpaired) electrons. The van der Waals surface area contributed by atoms with Gasteiger partial charge in [-0.1, -0.05) is 19.3 Å². The standard InChI is InChI=1S/C12H24N2/c1-12(6-4-3-5-7-12)14-10-8-13(2)9-11-14/h3-11H2,1-2H3. The first-order valence-corrected chi connectivity index (χ1v) is 6.14. The molecule has 1 saturated carbocycles. The second-order valence-electron chi connectivity index (χ2n) is 5.35. The molecule has 0 bridgehead atoms. The molecule has 0 N–H and O–H groups in total. The fourth-order valence-electron chi connectivity index (χ4n) is 2.98. The Morgan fingerprint density at radius 1 is 0.857 bits per heavy atom. The van der Waals surface area contributed by atoms with Crippen molar-refractivity contribution < 1.29 is 0 Å². The van der Waals surface area contributed by atoms with E-state index < -0.39 is 0 Å². The third-order valence-corrected chi connectivity index (χ3v) is 4.20. The number of nitrogens with zero attached hydrogens (tertiary/aromatic N) is 2. The van der Waals surface area contributed by atoms with E-state index in [2.05, 4.69) is 23.8 Å². The molecule has 2 fully saturated rings. The van der Waals surface area contributed by atoms with Crippen LogP contribution < -0.4 is 0 Å². The predicted octanol–water partition coefficient (Wildman–Crippen LogP) is 1.96. The fraction of sp³-hybridized carbons (Fsp3) is 1.00. The minimum atomic E-state index is 0.541. The van der Waals surface area contributed by atoms with E-state index in [0.29, 0.717) is 5.54 Å². The van der Waals surface area contributed by atoms with Crippen molar-refractivity contribution >= 4 is 0 Å². The molecule has 0 unspecified atom stereocenters. The van der Waals surface area contributed by atoms with E-state index in [1.807, 2.05) is 0 Å². The summed E-state index contributed by atoms with van der Waals surface area (Å²) in [6.45, 7) is 7.57. The summed E-state index contributed by atoms with van der Waals surface area (Å²) < 4.78 is 0. The van der Waals surface area contributed by atoms with Gasteiger partial charge in [-0.3, -0.25) is 4.90 Å². The number of rotatable bonds is 1. The van der Waals surface area contributed by atoms with Crippen LogP contribution in [0.25, 0.3) is 0 Å². The van der Waals surface area contributed by atoms with Crippen molar-refractivity contribution in [3.05, 3.63) is 0 Å². The lowest BCUT2D eigenvalue weighted by atomic mass is 9.81. The topological polar surface area (TPSA) is 6.48 Å². The third-order valence-electron chi connectivity index (χ3n) is 4.20. The van der Waals surface area contributed by atoms with Crippen LogP contribution in [0.5, 0.6) is 0 Å². The molecule has 2 nitrogen and oxygen atoms in total. The van der Waals surface area contributed by atoms with Gasteiger partial charge in [-0.2, -0.15) is 0 Å². The van der Waals surface area contributed by atoms with Crippen molar-refractivity contribution in [3.63, 3.8) is 0 Å². The van der Waals surface area contributed by atoms with Gasteiger partial charge >= 0.3 is 0 Å². The Kier molecular flexibility index (Phi) is 3.13. The SMILES string of the molecule is CN1CCN(C2(C)CCCCC2)CC1. The van der Waals surface area contributed by atoms with E-state index in [0.717, 1.165) is 0 Å². The van der Waals surface area contributed by atoms with Crippen molar-refractivity contribution in [3.8, 4) is 0 Å². The van der Waals surface area contributed by atoms with Crippen molar-refractivity contribution in [2.24, 2.45) is 0 Å². The zero-order valence-electron chi connectivity index (χ0n) is 9.76. The fourth-order valence-corrected chi connectivity index (χ4v) is 2.98. The second kappa shape index (κ2) is 4.19. The van der Waals surface area contributed by atoms with Gasteiger partial charge in [-0.05, 0) is 26.8 Å². The summed E-state index contributed by atoms with van der Waals surface area (Å²) >= 11 is 0. The summed E-state index contributed by atoms with van der Waals surface area (Å²) in [5.74, 6) is 0. The molecule has 1 aliphatic heterocycles. The zero-order valence-corrected chi connectivity index (χ0v) is 9.76. The van der Waals surface area contributed by atoms with Gasteiger partial charge in [0.05, 0.1) is 0 Å². The number of likely N-dealkylation sites (N-methyl/N-ethyl adjacent to an activating group) is 1. The normalized spacial score (nSPS) is 30.4. The molecule has 2 rings (SSSR count). The molecule has 0 atom stereocenters. The zero-order chi connectivity index (χ0) is 10.0. The molecule has 14 heavy (non-hydrogen) atoms. The Labute approximate surface area is 88.3 Å². The minimum Gasteiger partial charge on any atom is -0.304 e. The molecule has 0 spiro atoms. The molecule has 1 heterocycles. The highest BCUT2D eigenvalue weighted by Gasteiger charge is 2.34. The van der Waals surface area contributed by atoms with Crippen LogP contribution in [-0.2, 0) is 0 Å². The Morgan fingerprint density at radius 2 is 1.43 bits per heavy atom. The van der Waals surface area contributed by atoms with Crippen LogP contribution in [0.4, 0.5) is 0 Å². The van der Waals surface area contributed by atoms with Crippen LogP contribution in [0, 0.1) is 0 Å². The van der Waals surface area contributed by atoms with Gasteiger partial charge in [0.2, 0.25) is 0 Å². The van der Waals surface area contributed by atoms with Gasteiger partial charge in [-0.15, -0.1) is 0 Å². The van der Waals surface area contributed by atoms with Crippen molar-refractivity contribution in [2.45, 2.75) is 44.6 Å². The minimum absolute atomic E-state index is 0.541. The Morgan fingerprint density at radius 3 is 2.00 bits per heavy atom. The lowest BCUT2D eigenvalue weighted by molar-refractivity contribution is 0.0261. The van der Waals surface area contributed by atoms with Crippen molar-refractivity contribution in [1.29, 1.82) is 0 Å². The molecule has 2 heteroatoms. The molecule has 0 amide bonds. The molecule has 0 aromatic rings. The Balaban J connectivity index is 1.92. The molecule has 0 aromatic carbocycles. The highest BCUT2D eigenvalue weighted by atomic mass is 15.3. The molecule has 82 valence electrons. The van der Waals surface area contributed by atoms with Crippen molar-refractivity contribution in [2.75, 3.05) is 33.2 Å². The number of hydrogen-bond donors (Lipinski definition) is 0. The molecular formula is C12H24N2. The van der Waals surface area contributed by atoms with Crippen LogP contribution in [0.3, 0.4) is 0 Å². The predicted molar refractivity (Wildman–Crippen MR) is 60.6 cm³/mol. The van der Waals surface area contributed by atoms with E-state index in [9.17, 15) is 0 Å². The summed E-state index contributed by atoms with van der Waals surface area (Å²) in [6, 6.07) is 0. The quantitative estimate of drug-likeness (QED) is 0.632. The summed E-state index contributed by atoms with van der Waals surface area (Å²) in [4.78, 5) is 5.19. The maximum Gasteiger partial charge on any atom is 0.0182 e. The van der Waals surface area contributed by atoms with E-state index in [1.165, 1.54) is 58.3 Å². The van der Waals surface area contributed by atoms with Crippen LogP contribution in [0.15, 0.2) is 0 Å². The molecule has 0 aromatic heterocycles. The van der Waals surface area contributed by atoms with Gasteiger partial charge in [0.1, 0.15) is 0 Å². The summed E-state index contributed by atoms with van der Waals surface area (Å²) in [5.41, 5.74) is 0.541. The monoisotopic (exact) mass is 196 g/mol. The van der Waals surface area contributed by atoms with Gasteiger partial charge in [0.25, 0.3) is 0 Å². The Hall–Kier alpha value is -0.0800. The first kappa shape index (κ1) is 10.4. The molecule has 2 aliphatic rings. The molecule has 1 saturated heterocycles. The first-order valence-electron chi connectivity index (χ1n) is 6.14. The lowest BCUT2D eigenvalue weighted by Crippen LogP contribution is -2.55. The van der Waals surface area contributed by atoms with E-state index in [4.69, 9.17) is 0 Å². The summed E-state index contributed by atoms with van der Waals surface area (Å²) in [6.07, 6.45) is 7.21. The first-order chi connectivity index (χ1) is 6.71. The maximum absolute atomic E-state index is 2.74. The summed E-state index contributed by atoms with van der Waals surface area (Å²) in [5, 5.41) is 0. The van der Waals surface area contributed by atoms with E-state index >= 15 is 0 Å². The smallest absolute Gasteiger partial charge is 0.0182 e. The van der Waals surface area contributed by atoms with Crippen LogP contribution in [0.1, 0.15) is 39.0 Å². The number of hydrogen-bond acceptors (Lipinski definition) is 2. The summed E-state index contributed by atoms with van der Waals surface area (Å²) in [7, 11) is 2.24. The van der Waals surface area contributed by atoms with Crippen LogP contribution in [0.2, 0.25) is 0 Å². The molecule has 1 aliphatic carbocycles.